The van der Waals surface area contributed by atoms with E-state index in [1.54, 1.807) is 4.90 Å². The van der Waals surface area contributed by atoms with Crippen molar-refractivity contribution < 1.29 is 19.1 Å². The van der Waals surface area contributed by atoms with Gasteiger partial charge in [-0.15, -0.1) is 0 Å². The summed E-state index contributed by atoms with van der Waals surface area (Å²) in [6.45, 7) is 10.8. The average molecular weight is 452 g/mol. The van der Waals surface area contributed by atoms with Crippen LogP contribution in [0.1, 0.15) is 39.3 Å². The van der Waals surface area contributed by atoms with Crippen LogP contribution in [0, 0.1) is 18.8 Å². The molecule has 1 atom stereocenters. The van der Waals surface area contributed by atoms with Gasteiger partial charge < -0.3 is 18.9 Å². The molecule has 0 radical (unpaired) electrons. The normalized spacial score (nSPS) is 20.6. The highest BCUT2D eigenvalue weighted by Gasteiger charge is 2.41. The van der Waals surface area contributed by atoms with E-state index in [4.69, 9.17) is 9.47 Å². The minimum Gasteiger partial charge on any atom is -0.446 e. The van der Waals surface area contributed by atoms with Gasteiger partial charge in [0.05, 0.1) is 36.7 Å². The Morgan fingerprint density at radius 1 is 1.12 bits per heavy atom. The van der Waals surface area contributed by atoms with E-state index >= 15 is 0 Å². The Balaban J connectivity index is 1.51. The molecular formula is C26H33N3O4. The fourth-order valence-electron chi connectivity index (χ4n) is 4.74. The molecule has 3 heterocycles. The highest BCUT2D eigenvalue weighted by Crippen LogP contribution is 2.42. The zero-order valence-corrected chi connectivity index (χ0v) is 19.9. The van der Waals surface area contributed by atoms with E-state index in [2.05, 4.69) is 29.8 Å². The Labute approximate surface area is 195 Å². The lowest BCUT2D eigenvalue weighted by Gasteiger charge is -2.41. The number of aromatic nitrogens is 1. The molecule has 0 N–H and O–H groups in total. The molecule has 1 unspecified atom stereocenters. The van der Waals surface area contributed by atoms with Gasteiger partial charge in [-0.1, -0.05) is 6.07 Å². The van der Waals surface area contributed by atoms with Crippen molar-refractivity contribution in [3.05, 3.63) is 36.2 Å². The van der Waals surface area contributed by atoms with Crippen molar-refractivity contribution in [1.29, 1.82) is 0 Å². The van der Waals surface area contributed by atoms with Crippen LogP contribution < -0.4 is 9.80 Å². The van der Waals surface area contributed by atoms with E-state index in [-0.39, 0.29) is 30.1 Å². The highest BCUT2D eigenvalue weighted by atomic mass is 16.6. The summed E-state index contributed by atoms with van der Waals surface area (Å²) in [6, 6.07) is 8.15. The summed E-state index contributed by atoms with van der Waals surface area (Å²) < 4.78 is 13.2. The molecule has 5 rings (SSSR count). The number of benzene rings is 1. The molecule has 7 nitrogen and oxygen atoms in total. The number of nitrogens with zero attached hydrogens (tertiary/aromatic N) is 3. The number of fused-ring (bicyclic) bond motifs is 1. The van der Waals surface area contributed by atoms with Gasteiger partial charge in [0.1, 0.15) is 0 Å². The van der Waals surface area contributed by atoms with E-state index in [1.165, 1.54) is 5.69 Å². The smallest absolute Gasteiger partial charge is 0.414 e. The summed E-state index contributed by atoms with van der Waals surface area (Å²) in [5.74, 6) is 0.844. The number of amides is 2. The number of aryl methyl sites for hydroxylation is 1. The van der Waals surface area contributed by atoms with E-state index in [1.807, 2.05) is 37.8 Å². The van der Waals surface area contributed by atoms with Crippen LogP contribution in [0.5, 0.6) is 0 Å². The second kappa shape index (κ2) is 8.52. The summed E-state index contributed by atoms with van der Waals surface area (Å²) in [5.41, 5.74) is 4.85. The lowest BCUT2D eigenvalue weighted by molar-refractivity contribution is -0.120. The second-order valence-electron chi connectivity index (χ2n) is 10.0. The largest absolute Gasteiger partial charge is 0.446 e. The van der Waals surface area contributed by atoms with Crippen LogP contribution in [0.3, 0.4) is 0 Å². The van der Waals surface area contributed by atoms with Crippen molar-refractivity contribution >= 4 is 23.4 Å². The van der Waals surface area contributed by atoms with Gasteiger partial charge in [0.25, 0.3) is 0 Å². The van der Waals surface area contributed by atoms with Crippen molar-refractivity contribution in [2.45, 2.75) is 59.2 Å². The summed E-state index contributed by atoms with van der Waals surface area (Å²) in [7, 11) is 0. The molecule has 2 fully saturated rings. The summed E-state index contributed by atoms with van der Waals surface area (Å²) in [6.07, 6.45) is 3.50. The first-order chi connectivity index (χ1) is 15.8. The van der Waals surface area contributed by atoms with Crippen molar-refractivity contribution in [1.82, 2.24) is 4.57 Å². The zero-order valence-electron chi connectivity index (χ0n) is 19.9. The van der Waals surface area contributed by atoms with Gasteiger partial charge in [0.15, 0.2) is 0 Å². The number of carbonyl (C=O) groups is 2. The standard InChI is InChI=1S/C26H33N3O4/c1-16(2)33-26(31)28-11-18(4)29(25(30)20-5-6-20)23-8-7-21(10-24(23)28)22-9-17(3)27(13-22)12-19-14-32-15-19/h7-10,13,16,18-20H,5-6,11-12,14-15H2,1-4H3. The van der Waals surface area contributed by atoms with Crippen LogP contribution in [-0.4, -0.2) is 48.5 Å². The van der Waals surface area contributed by atoms with Crippen LogP contribution in [-0.2, 0) is 20.8 Å². The summed E-state index contributed by atoms with van der Waals surface area (Å²) >= 11 is 0. The molecule has 1 saturated carbocycles. The molecular weight excluding hydrogens is 418 g/mol. The molecule has 2 aliphatic heterocycles. The van der Waals surface area contributed by atoms with Gasteiger partial charge in [-0.25, -0.2) is 4.79 Å². The SMILES string of the molecule is Cc1cc(-c2ccc3c(c2)N(C(=O)OC(C)C)CC(C)N3C(=O)C2CC2)cn1CC1COC1. The van der Waals surface area contributed by atoms with E-state index < -0.39 is 0 Å². The second-order valence-corrected chi connectivity index (χ2v) is 10.0. The molecule has 2 aromatic rings. The van der Waals surface area contributed by atoms with Crippen LogP contribution in [0.4, 0.5) is 16.2 Å². The molecule has 7 heteroatoms. The van der Waals surface area contributed by atoms with Crippen LogP contribution in [0.2, 0.25) is 0 Å². The highest BCUT2D eigenvalue weighted by molar-refractivity contribution is 6.05. The van der Waals surface area contributed by atoms with Gasteiger partial charge in [-0.2, -0.15) is 0 Å². The van der Waals surface area contributed by atoms with E-state index in [0.717, 1.165) is 55.1 Å². The summed E-state index contributed by atoms with van der Waals surface area (Å²) in [4.78, 5) is 29.7. The first kappa shape index (κ1) is 22.0. The fourth-order valence-corrected chi connectivity index (χ4v) is 4.74. The number of hydrogen-bond donors (Lipinski definition) is 0. The maximum absolute atomic E-state index is 13.1. The third-order valence-corrected chi connectivity index (χ3v) is 6.74. The van der Waals surface area contributed by atoms with E-state index in [9.17, 15) is 9.59 Å². The molecule has 176 valence electrons. The predicted molar refractivity (Wildman–Crippen MR) is 128 cm³/mol. The Morgan fingerprint density at radius 2 is 1.88 bits per heavy atom. The third-order valence-electron chi connectivity index (χ3n) is 6.74. The number of ether oxygens (including phenoxy) is 2. The molecule has 0 spiro atoms. The average Bonchev–Trinajstić information content (AvgIpc) is 3.52. The Morgan fingerprint density at radius 3 is 2.52 bits per heavy atom. The lowest BCUT2D eigenvalue weighted by atomic mass is 10.0. The van der Waals surface area contributed by atoms with Crippen molar-refractivity contribution in [2.24, 2.45) is 11.8 Å². The minimum atomic E-state index is -0.368. The number of rotatable bonds is 5. The lowest BCUT2D eigenvalue weighted by Crippen LogP contribution is -2.52. The van der Waals surface area contributed by atoms with Crippen LogP contribution in [0.15, 0.2) is 30.5 Å². The minimum absolute atomic E-state index is 0.107. The van der Waals surface area contributed by atoms with Crippen LogP contribution >= 0.6 is 0 Å². The van der Waals surface area contributed by atoms with Gasteiger partial charge >= 0.3 is 6.09 Å². The zero-order chi connectivity index (χ0) is 23.3. The van der Waals surface area contributed by atoms with Crippen molar-refractivity contribution in [3.8, 4) is 11.1 Å². The van der Waals surface area contributed by atoms with Crippen LogP contribution in [0.25, 0.3) is 11.1 Å². The molecule has 1 saturated heterocycles. The van der Waals surface area contributed by atoms with E-state index in [0.29, 0.717) is 12.5 Å². The van der Waals surface area contributed by atoms with Gasteiger partial charge in [-0.3, -0.25) is 9.69 Å². The maximum atomic E-state index is 13.1. The number of hydrogen-bond acceptors (Lipinski definition) is 4. The Hall–Kier alpha value is -2.80. The summed E-state index contributed by atoms with van der Waals surface area (Å²) in [5, 5.41) is 0. The molecule has 1 aliphatic carbocycles. The molecule has 2 amide bonds. The molecule has 3 aliphatic rings. The molecule has 1 aromatic carbocycles. The van der Waals surface area contributed by atoms with Crippen molar-refractivity contribution in [3.63, 3.8) is 0 Å². The topological polar surface area (TPSA) is 64.0 Å². The monoisotopic (exact) mass is 451 g/mol. The first-order valence-electron chi connectivity index (χ1n) is 12.0. The fraction of sp³-hybridized carbons (Fsp3) is 0.538. The predicted octanol–water partition coefficient (Wildman–Crippen LogP) is 4.61. The van der Waals surface area contributed by atoms with Crippen molar-refractivity contribution in [2.75, 3.05) is 29.6 Å². The quantitative estimate of drug-likeness (QED) is 0.666. The number of anilines is 2. The van der Waals surface area contributed by atoms with Gasteiger partial charge in [0.2, 0.25) is 5.91 Å². The number of carbonyl (C=O) groups excluding carboxylic acids is 2. The molecule has 0 bridgehead atoms. The third kappa shape index (κ3) is 4.26. The Kier molecular flexibility index (Phi) is 5.69. The molecule has 33 heavy (non-hydrogen) atoms. The van der Waals surface area contributed by atoms with Gasteiger partial charge in [-0.05, 0) is 69.9 Å². The van der Waals surface area contributed by atoms with Gasteiger partial charge in [0, 0.05) is 36.8 Å². The molecule has 1 aromatic heterocycles. The Bertz CT molecular complexity index is 1070. The maximum Gasteiger partial charge on any atom is 0.414 e. The first-order valence-corrected chi connectivity index (χ1v) is 12.0.